The lowest BCUT2D eigenvalue weighted by Crippen LogP contribution is -2.33. The summed E-state index contributed by atoms with van der Waals surface area (Å²) in [6.45, 7) is 2.22. The number of aromatic nitrogens is 2. The first-order chi connectivity index (χ1) is 8.83. The van der Waals surface area contributed by atoms with Crippen molar-refractivity contribution >= 4 is 11.8 Å². The van der Waals surface area contributed by atoms with Crippen molar-refractivity contribution in [1.29, 1.82) is 0 Å². The van der Waals surface area contributed by atoms with E-state index in [-0.39, 0.29) is 0 Å². The molecule has 0 bridgehead atoms. The fraction of sp³-hybridized carbons (Fsp3) is 0.833. The fourth-order valence-electron chi connectivity index (χ4n) is 2.59. The van der Waals surface area contributed by atoms with E-state index in [4.69, 9.17) is 4.52 Å². The first-order valence-corrected chi connectivity index (χ1v) is 7.82. The largest absolute Gasteiger partial charge is 0.339 e. The predicted molar refractivity (Wildman–Crippen MR) is 71.7 cm³/mol. The second-order valence-electron chi connectivity index (χ2n) is 5.12. The third-order valence-corrected chi connectivity index (χ3v) is 4.78. The van der Waals surface area contributed by atoms with Crippen molar-refractivity contribution < 1.29 is 4.52 Å². The summed E-state index contributed by atoms with van der Waals surface area (Å²) < 4.78 is 5.39. The molecule has 0 aromatic carbocycles. The topological polar surface area (TPSA) is 54.2 Å². The van der Waals surface area contributed by atoms with Crippen LogP contribution >= 0.6 is 11.8 Å². The molecule has 0 amide bonds. The Bertz CT molecular complexity index is 391. The average molecular weight is 268 g/mol. The number of rotatable bonds is 3. The van der Waals surface area contributed by atoms with Gasteiger partial charge in [0.05, 0.1) is 6.04 Å². The quantitative estimate of drug-likeness (QED) is 0.885. The minimum absolute atomic E-state index is 0.317. The average Bonchev–Trinajstić information content (AvgIpc) is 3.02. The lowest BCUT2D eigenvalue weighted by atomic mass is 10.1. The second kappa shape index (κ2) is 5.59. The summed E-state index contributed by atoms with van der Waals surface area (Å²) in [4.78, 5) is 6.89. The summed E-state index contributed by atoms with van der Waals surface area (Å²) in [5.41, 5.74) is 0. The molecule has 0 saturated carbocycles. The van der Waals surface area contributed by atoms with Crippen LogP contribution in [0.2, 0.25) is 0 Å². The summed E-state index contributed by atoms with van der Waals surface area (Å²) in [5, 5.41) is 7.62. The Kier molecular flexibility index (Phi) is 3.86. The van der Waals surface area contributed by atoms with Crippen molar-refractivity contribution in [1.82, 2.24) is 20.4 Å². The molecule has 2 unspecified atom stereocenters. The van der Waals surface area contributed by atoms with E-state index in [1.807, 2.05) is 11.8 Å². The summed E-state index contributed by atoms with van der Waals surface area (Å²) >= 11 is 1.97. The van der Waals surface area contributed by atoms with Crippen LogP contribution in [0.1, 0.15) is 30.6 Å². The monoisotopic (exact) mass is 268 g/mol. The van der Waals surface area contributed by atoms with Crippen LogP contribution < -0.4 is 5.32 Å². The van der Waals surface area contributed by atoms with Gasteiger partial charge in [-0.1, -0.05) is 5.16 Å². The second-order valence-corrected chi connectivity index (χ2v) is 6.26. The summed E-state index contributed by atoms with van der Waals surface area (Å²) in [6, 6.07) is 0.842. The van der Waals surface area contributed by atoms with E-state index in [9.17, 15) is 0 Å². The van der Waals surface area contributed by atoms with Gasteiger partial charge >= 0.3 is 0 Å². The van der Waals surface area contributed by atoms with Gasteiger partial charge in [-0.25, -0.2) is 0 Å². The highest BCUT2D eigenvalue weighted by Gasteiger charge is 2.26. The van der Waals surface area contributed by atoms with E-state index in [2.05, 4.69) is 27.4 Å². The molecule has 5 nitrogen and oxygen atoms in total. The van der Waals surface area contributed by atoms with E-state index in [1.165, 1.54) is 18.6 Å². The van der Waals surface area contributed by atoms with Gasteiger partial charge in [0.25, 0.3) is 0 Å². The van der Waals surface area contributed by atoms with Crippen LogP contribution in [-0.4, -0.2) is 52.7 Å². The van der Waals surface area contributed by atoms with Crippen LogP contribution in [0.15, 0.2) is 4.52 Å². The van der Waals surface area contributed by atoms with Gasteiger partial charge in [0.1, 0.15) is 0 Å². The van der Waals surface area contributed by atoms with Crippen molar-refractivity contribution in [3.05, 3.63) is 11.7 Å². The number of nitrogens with one attached hydrogen (secondary N) is 1. The molecule has 2 aliphatic heterocycles. The lowest BCUT2D eigenvalue weighted by molar-refractivity contribution is 0.256. The smallest absolute Gasteiger partial charge is 0.228 e. The molecule has 1 aromatic rings. The minimum Gasteiger partial charge on any atom is -0.339 e. The van der Waals surface area contributed by atoms with Crippen molar-refractivity contribution in [3.8, 4) is 0 Å². The Morgan fingerprint density at radius 3 is 3.28 bits per heavy atom. The van der Waals surface area contributed by atoms with Crippen LogP contribution in [0.25, 0.3) is 0 Å². The normalized spacial score (nSPS) is 29.8. The Labute approximate surface area is 112 Å². The zero-order valence-corrected chi connectivity index (χ0v) is 11.6. The summed E-state index contributed by atoms with van der Waals surface area (Å²) in [5.74, 6) is 3.91. The van der Waals surface area contributed by atoms with E-state index in [0.717, 1.165) is 37.0 Å². The molecule has 18 heavy (non-hydrogen) atoms. The SMILES string of the molecule is CN1CCSCC1c1noc(CC2CCCN2)n1. The minimum atomic E-state index is 0.317. The van der Waals surface area contributed by atoms with E-state index in [0.29, 0.717) is 12.1 Å². The Morgan fingerprint density at radius 2 is 2.50 bits per heavy atom. The molecule has 100 valence electrons. The van der Waals surface area contributed by atoms with Crippen molar-refractivity contribution in [2.24, 2.45) is 0 Å². The fourth-order valence-corrected chi connectivity index (χ4v) is 3.80. The molecule has 2 aliphatic rings. The van der Waals surface area contributed by atoms with E-state index >= 15 is 0 Å². The number of nitrogens with zero attached hydrogens (tertiary/aromatic N) is 3. The van der Waals surface area contributed by atoms with Crippen LogP contribution in [0.3, 0.4) is 0 Å². The highest BCUT2D eigenvalue weighted by molar-refractivity contribution is 7.99. The van der Waals surface area contributed by atoms with E-state index < -0.39 is 0 Å². The van der Waals surface area contributed by atoms with Gasteiger partial charge in [-0.2, -0.15) is 16.7 Å². The molecule has 3 heterocycles. The zero-order valence-electron chi connectivity index (χ0n) is 10.8. The predicted octanol–water partition coefficient (Wildman–Crippen LogP) is 1.08. The molecule has 0 spiro atoms. The van der Waals surface area contributed by atoms with Crippen LogP contribution in [0.5, 0.6) is 0 Å². The molecular weight excluding hydrogens is 248 g/mol. The van der Waals surface area contributed by atoms with Crippen LogP contribution in [-0.2, 0) is 6.42 Å². The van der Waals surface area contributed by atoms with Gasteiger partial charge in [-0.3, -0.25) is 4.90 Å². The third kappa shape index (κ3) is 2.70. The Morgan fingerprint density at radius 1 is 1.56 bits per heavy atom. The van der Waals surface area contributed by atoms with Gasteiger partial charge < -0.3 is 9.84 Å². The number of thioether (sulfide) groups is 1. The van der Waals surface area contributed by atoms with Gasteiger partial charge in [-0.05, 0) is 26.4 Å². The lowest BCUT2D eigenvalue weighted by Gasteiger charge is -2.29. The Hall–Kier alpha value is -0.590. The molecule has 3 rings (SSSR count). The summed E-state index contributed by atoms with van der Waals surface area (Å²) in [6.07, 6.45) is 3.35. The zero-order chi connectivity index (χ0) is 12.4. The highest BCUT2D eigenvalue weighted by atomic mass is 32.2. The van der Waals surface area contributed by atoms with Crippen LogP contribution in [0, 0.1) is 0 Å². The van der Waals surface area contributed by atoms with Gasteiger partial charge in [-0.15, -0.1) is 0 Å². The van der Waals surface area contributed by atoms with E-state index in [1.54, 1.807) is 0 Å². The van der Waals surface area contributed by atoms with Gasteiger partial charge in [0, 0.05) is 30.5 Å². The Balaban J connectivity index is 1.64. The maximum atomic E-state index is 5.39. The molecule has 1 aromatic heterocycles. The van der Waals surface area contributed by atoms with Gasteiger partial charge in [0.2, 0.25) is 5.89 Å². The standard InChI is InChI=1S/C12H20N4OS/c1-16-5-6-18-8-10(16)12-14-11(17-15-12)7-9-3-2-4-13-9/h9-10,13H,2-8H2,1H3. The molecule has 2 atom stereocenters. The maximum absolute atomic E-state index is 5.39. The first kappa shape index (κ1) is 12.4. The molecular formula is C12H20N4OS. The maximum Gasteiger partial charge on any atom is 0.228 e. The molecule has 1 N–H and O–H groups in total. The molecule has 2 saturated heterocycles. The molecule has 0 radical (unpaired) electrons. The summed E-state index contributed by atoms with van der Waals surface area (Å²) in [7, 11) is 2.14. The molecule has 2 fully saturated rings. The van der Waals surface area contributed by atoms with Crippen molar-refractivity contribution in [2.45, 2.75) is 31.3 Å². The third-order valence-electron chi connectivity index (χ3n) is 3.76. The van der Waals surface area contributed by atoms with Gasteiger partial charge in [0.15, 0.2) is 5.82 Å². The number of hydrogen-bond acceptors (Lipinski definition) is 6. The molecule has 6 heteroatoms. The van der Waals surface area contributed by atoms with Crippen molar-refractivity contribution in [2.75, 3.05) is 31.6 Å². The highest BCUT2D eigenvalue weighted by Crippen LogP contribution is 2.26. The first-order valence-electron chi connectivity index (χ1n) is 6.67. The van der Waals surface area contributed by atoms with Crippen molar-refractivity contribution in [3.63, 3.8) is 0 Å². The number of hydrogen-bond donors (Lipinski definition) is 1. The van der Waals surface area contributed by atoms with Crippen LogP contribution in [0.4, 0.5) is 0 Å². The molecule has 0 aliphatic carbocycles.